The number of hydrogen-bond acceptors (Lipinski definition) is 1. The Morgan fingerprint density at radius 3 is 1.75 bits per heavy atom. The molecule has 0 atom stereocenters. The molecule has 0 saturated heterocycles. The molecular formula is C7H16ClO3P. The fourth-order valence-electron chi connectivity index (χ4n) is 1.18. The molecule has 0 spiro atoms. The molecule has 0 bridgehead atoms. The van der Waals surface area contributed by atoms with E-state index in [0.717, 1.165) is 0 Å². The zero-order valence-electron chi connectivity index (χ0n) is 7.46. The van der Waals surface area contributed by atoms with Crippen molar-refractivity contribution in [3.05, 3.63) is 0 Å². The molecule has 0 aromatic heterocycles. The third-order valence-corrected chi connectivity index (χ3v) is 4.32. The smallest absolute Gasteiger partial charge is 0.323 e. The van der Waals surface area contributed by atoms with Crippen molar-refractivity contribution in [3.8, 4) is 0 Å². The highest BCUT2D eigenvalue weighted by Crippen LogP contribution is 2.58. The first kappa shape index (κ1) is 12.4. The second kappa shape index (κ2) is 4.61. The monoisotopic (exact) mass is 214 g/mol. The largest absolute Gasteiger partial charge is 0.346 e. The molecule has 0 fully saturated rings. The van der Waals surface area contributed by atoms with Crippen LogP contribution in [-0.4, -0.2) is 14.4 Å². The molecule has 0 radical (unpaired) electrons. The van der Waals surface area contributed by atoms with Crippen LogP contribution in [0.4, 0.5) is 0 Å². The molecule has 0 rings (SSSR count). The molecule has 0 aliphatic heterocycles. The van der Waals surface area contributed by atoms with Crippen LogP contribution >= 0.6 is 19.2 Å². The quantitative estimate of drug-likeness (QED) is 0.547. The second-order valence-corrected chi connectivity index (χ2v) is 5.89. The Morgan fingerprint density at radius 2 is 1.58 bits per heavy atom. The highest BCUT2D eigenvalue weighted by atomic mass is 35.5. The minimum atomic E-state index is -4.16. The summed E-state index contributed by atoms with van der Waals surface area (Å²) in [4.78, 5) is 18.0. The summed E-state index contributed by atoms with van der Waals surface area (Å²) in [6.45, 7) is 3.73. The van der Waals surface area contributed by atoms with Gasteiger partial charge in [0.05, 0.1) is 0 Å². The van der Waals surface area contributed by atoms with E-state index in [-0.39, 0.29) is 0 Å². The lowest BCUT2D eigenvalue weighted by Crippen LogP contribution is -2.20. The maximum atomic E-state index is 11.0. The summed E-state index contributed by atoms with van der Waals surface area (Å²) in [5.74, 6) is 0. The van der Waals surface area contributed by atoms with Crippen LogP contribution < -0.4 is 0 Å². The molecule has 3 nitrogen and oxygen atoms in total. The fraction of sp³-hybridized carbons (Fsp3) is 1.00. The van der Waals surface area contributed by atoms with Crippen LogP contribution in [0.2, 0.25) is 0 Å². The number of halogens is 1. The Balaban J connectivity index is 4.50. The molecule has 74 valence electrons. The molecule has 5 heteroatoms. The van der Waals surface area contributed by atoms with E-state index in [9.17, 15) is 4.57 Å². The minimum absolute atomic E-state index is 0.368. The van der Waals surface area contributed by atoms with Gasteiger partial charge in [-0.3, -0.25) is 4.57 Å². The van der Waals surface area contributed by atoms with Crippen LogP contribution in [0.5, 0.6) is 0 Å². The molecule has 0 aromatic rings. The van der Waals surface area contributed by atoms with E-state index < -0.39 is 12.2 Å². The number of alkyl halides is 1. The molecule has 0 aromatic carbocycles. The Morgan fingerprint density at radius 1 is 1.25 bits per heavy atom. The van der Waals surface area contributed by atoms with Crippen molar-refractivity contribution >= 4 is 19.2 Å². The summed E-state index contributed by atoms with van der Waals surface area (Å²) >= 11 is 5.85. The highest BCUT2D eigenvalue weighted by Gasteiger charge is 2.43. The topological polar surface area (TPSA) is 57.5 Å². The fourth-order valence-corrected chi connectivity index (χ4v) is 2.59. The first-order chi connectivity index (χ1) is 5.37. The van der Waals surface area contributed by atoms with Gasteiger partial charge in [-0.05, 0) is 12.8 Å². The van der Waals surface area contributed by atoms with E-state index in [0.29, 0.717) is 25.7 Å². The van der Waals surface area contributed by atoms with Gasteiger partial charge in [0.1, 0.15) is 4.62 Å². The summed E-state index contributed by atoms with van der Waals surface area (Å²) in [5, 5.41) is 0. The zero-order valence-corrected chi connectivity index (χ0v) is 9.11. The molecular weight excluding hydrogens is 199 g/mol. The summed E-state index contributed by atoms with van der Waals surface area (Å²) < 4.78 is 9.67. The van der Waals surface area contributed by atoms with Crippen molar-refractivity contribution in [2.24, 2.45) is 0 Å². The lowest BCUT2D eigenvalue weighted by molar-refractivity contribution is 0.338. The van der Waals surface area contributed by atoms with Crippen LogP contribution in [-0.2, 0) is 4.57 Å². The Bertz CT molecular complexity index is 171. The van der Waals surface area contributed by atoms with E-state index in [1.807, 2.05) is 13.8 Å². The summed E-state index contributed by atoms with van der Waals surface area (Å²) in [5.41, 5.74) is 0. The highest BCUT2D eigenvalue weighted by molar-refractivity contribution is 7.55. The van der Waals surface area contributed by atoms with E-state index in [1.54, 1.807) is 0 Å². The molecule has 2 N–H and O–H groups in total. The van der Waals surface area contributed by atoms with Gasteiger partial charge in [-0.1, -0.05) is 26.7 Å². The van der Waals surface area contributed by atoms with Crippen molar-refractivity contribution in [1.82, 2.24) is 0 Å². The third kappa shape index (κ3) is 3.06. The number of hydrogen-bond donors (Lipinski definition) is 2. The molecule has 0 saturated carbocycles. The Labute approximate surface area is 78.3 Å². The van der Waals surface area contributed by atoms with E-state index in [1.165, 1.54) is 0 Å². The Hall–Kier alpha value is 0.440. The van der Waals surface area contributed by atoms with Gasteiger partial charge in [-0.15, -0.1) is 11.6 Å². The minimum Gasteiger partial charge on any atom is -0.323 e. The lowest BCUT2D eigenvalue weighted by Gasteiger charge is -2.26. The SMILES string of the molecule is CCCC(Cl)(CCC)P(=O)(O)O. The third-order valence-electron chi connectivity index (χ3n) is 1.79. The second-order valence-electron chi connectivity index (χ2n) is 2.96. The predicted octanol–water partition coefficient (Wildman–Crippen LogP) is 2.70. The standard InChI is InChI=1S/C7H16ClO3P/c1-3-5-7(8,6-4-2)12(9,10)11/h3-6H2,1-2H3,(H2,9,10,11). The van der Waals surface area contributed by atoms with Crippen molar-refractivity contribution in [3.63, 3.8) is 0 Å². The van der Waals surface area contributed by atoms with Crippen LogP contribution in [0.15, 0.2) is 0 Å². The summed E-state index contributed by atoms with van der Waals surface area (Å²) in [6.07, 6.45) is 2.11. The summed E-state index contributed by atoms with van der Waals surface area (Å²) in [6, 6.07) is 0. The predicted molar refractivity (Wildman–Crippen MR) is 50.4 cm³/mol. The Kier molecular flexibility index (Phi) is 4.78. The molecule has 0 aliphatic rings. The first-order valence-electron chi connectivity index (χ1n) is 4.12. The van der Waals surface area contributed by atoms with Crippen LogP contribution in [0.25, 0.3) is 0 Å². The maximum absolute atomic E-state index is 11.0. The average molecular weight is 215 g/mol. The van der Waals surface area contributed by atoms with Gasteiger partial charge in [-0.25, -0.2) is 0 Å². The van der Waals surface area contributed by atoms with Gasteiger partial charge in [0, 0.05) is 0 Å². The van der Waals surface area contributed by atoms with Crippen LogP contribution in [0.1, 0.15) is 39.5 Å². The zero-order chi connectivity index (χ0) is 9.83. The van der Waals surface area contributed by atoms with Crippen LogP contribution in [0, 0.1) is 0 Å². The molecule has 0 aliphatic carbocycles. The average Bonchev–Trinajstić information content (AvgIpc) is 1.86. The van der Waals surface area contributed by atoms with Gasteiger partial charge in [-0.2, -0.15) is 0 Å². The normalized spacial score (nSPS) is 13.4. The van der Waals surface area contributed by atoms with Gasteiger partial charge in [0.25, 0.3) is 0 Å². The maximum Gasteiger partial charge on any atom is 0.346 e. The first-order valence-corrected chi connectivity index (χ1v) is 6.11. The van der Waals surface area contributed by atoms with Crippen LogP contribution in [0.3, 0.4) is 0 Å². The van der Waals surface area contributed by atoms with Gasteiger partial charge < -0.3 is 9.79 Å². The van der Waals surface area contributed by atoms with Gasteiger partial charge in [0.15, 0.2) is 0 Å². The van der Waals surface area contributed by atoms with E-state index in [2.05, 4.69) is 0 Å². The van der Waals surface area contributed by atoms with Crippen molar-refractivity contribution in [2.75, 3.05) is 0 Å². The van der Waals surface area contributed by atoms with Gasteiger partial charge in [0.2, 0.25) is 0 Å². The van der Waals surface area contributed by atoms with Crippen molar-refractivity contribution in [1.29, 1.82) is 0 Å². The molecule has 12 heavy (non-hydrogen) atoms. The van der Waals surface area contributed by atoms with Crippen molar-refractivity contribution < 1.29 is 14.4 Å². The molecule has 0 unspecified atom stereocenters. The van der Waals surface area contributed by atoms with Gasteiger partial charge >= 0.3 is 7.60 Å². The lowest BCUT2D eigenvalue weighted by atomic mass is 10.1. The van der Waals surface area contributed by atoms with E-state index in [4.69, 9.17) is 21.4 Å². The van der Waals surface area contributed by atoms with Crippen molar-refractivity contribution in [2.45, 2.75) is 44.1 Å². The molecule has 0 amide bonds. The summed E-state index contributed by atoms with van der Waals surface area (Å²) in [7, 11) is -4.16. The molecule has 0 heterocycles. The number of rotatable bonds is 5. The van der Waals surface area contributed by atoms with E-state index >= 15 is 0 Å².